The van der Waals surface area contributed by atoms with Crippen LogP contribution in [0.25, 0.3) is 0 Å². The van der Waals surface area contributed by atoms with Crippen LogP contribution in [-0.2, 0) is 15.9 Å². The maximum atomic E-state index is 12.3. The third-order valence-electron chi connectivity index (χ3n) is 4.03. The van der Waals surface area contributed by atoms with Crippen molar-refractivity contribution in [1.82, 2.24) is 15.2 Å². The number of anilines is 2. The Morgan fingerprint density at radius 1 is 1.03 bits per heavy atom. The lowest BCUT2D eigenvalue weighted by molar-refractivity contribution is 0.0335. The first-order valence-corrected chi connectivity index (χ1v) is 9.27. The lowest BCUT2D eigenvalue weighted by Gasteiger charge is -2.07. The first kappa shape index (κ1) is 20.2. The molecule has 0 bridgehead atoms. The molecule has 8 heteroatoms. The molecule has 8 nitrogen and oxygen atoms in total. The van der Waals surface area contributed by atoms with Gasteiger partial charge in [0.2, 0.25) is 5.95 Å². The molecule has 2 N–H and O–H groups in total. The summed E-state index contributed by atoms with van der Waals surface area (Å²) in [5, 5.41) is 11.0. The van der Waals surface area contributed by atoms with Gasteiger partial charge >= 0.3 is 5.97 Å². The Labute approximate surface area is 167 Å². The van der Waals surface area contributed by atoms with E-state index in [2.05, 4.69) is 20.5 Å². The summed E-state index contributed by atoms with van der Waals surface area (Å²) in [5.74, 6) is -0.200. The van der Waals surface area contributed by atoms with Gasteiger partial charge in [-0.3, -0.25) is 9.78 Å². The molecule has 29 heavy (non-hydrogen) atoms. The topological polar surface area (TPSA) is 106 Å². The summed E-state index contributed by atoms with van der Waals surface area (Å²) in [6, 6.07) is 16.2. The molecule has 3 rings (SSSR count). The second kappa shape index (κ2) is 10.1. The summed E-state index contributed by atoms with van der Waals surface area (Å²) in [5.41, 5.74) is 2.09. The molecule has 2 aromatic carbocycles. The number of hydrogen-bond acceptors (Lipinski definition) is 7. The number of esters is 1. The third-order valence-corrected chi connectivity index (χ3v) is 4.03. The van der Waals surface area contributed by atoms with E-state index in [4.69, 9.17) is 9.47 Å². The van der Waals surface area contributed by atoms with E-state index in [9.17, 15) is 9.59 Å². The van der Waals surface area contributed by atoms with Crippen molar-refractivity contribution in [2.45, 2.75) is 13.3 Å². The number of ether oxygens (including phenoxy) is 2. The summed E-state index contributed by atoms with van der Waals surface area (Å²) in [6.45, 7) is 3.03. The van der Waals surface area contributed by atoms with Crippen molar-refractivity contribution in [2.75, 3.05) is 25.1 Å². The maximum absolute atomic E-state index is 12.3. The van der Waals surface area contributed by atoms with Gasteiger partial charge < -0.3 is 14.8 Å². The molecule has 0 aliphatic rings. The van der Waals surface area contributed by atoms with Crippen molar-refractivity contribution >= 4 is 17.6 Å². The van der Waals surface area contributed by atoms with Gasteiger partial charge in [-0.2, -0.15) is 0 Å². The monoisotopic (exact) mass is 394 g/mol. The third kappa shape index (κ3) is 5.98. The highest BCUT2D eigenvalue weighted by Crippen LogP contribution is 2.14. The van der Waals surface area contributed by atoms with Crippen molar-refractivity contribution in [3.8, 4) is 0 Å². The second-order valence-electron chi connectivity index (χ2n) is 6.15. The zero-order valence-electron chi connectivity index (χ0n) is 16.1. The Morgan fingerprint density at radius 3 is 2.48 bits per heavy atom. The molecule has 1 heterocycles. The van der Waals surface area contributed by atoms with Crippen molar-refractivity contribution in [3.63, 3.8) is 0 Å². The fourth-order valence-electron chi connectivity index (χ4n) is 2.57. The number of H-pyrrole nitrogens is 1. The highest BCUT2D eigenvalue weighted by Gasteiger charge is 2.09. The molecular formula is C21H22N4O4. The molecule has 0 radical (unpaired) electrons. The van der Waals surface area contributed by atoms with Crippen molar-refractivity contribution in [3.05, 3.63) is 81.8 Å². The number of rotatable bonds is 9. The van der Waals surface area contributed by atoms with Crippen molar-refractivity contribution in [2.24, 2.45) is 0 Å². The molecule has 0 aliphatic heterocycles. The maximum Gasteiger partial charge on any atom is 0.338 e. The van der Waals surface area contributed by atoms with Crippen LogP contribution in [0.15, 0.2) is 59.4 Å². The van der Waals surface area contributed by atoms with Crippen LogP contribution >= 0.6 is 0 Å². The van der Waals surface area contributed by atoms with Crippen molar-refractivity contribution in [1.29, 1.82) is 0 Å². The van der Waals surface area contributed by atoms with Crippen LogP contribution in [0.1, 0.15) is 28.5 Å². The zero-order chi connectivity index (χ0) is 20.5. The number of carbonyl (C=O) groups is 1. The van der Waals surface area contributed by atoms with E-state index in [0.717, 1.165) is 5.56 Å². The molecule has 0 spiro atoms. The smallest absolute Gasteiger partial charge is 0.338 e. The van der Waals surface area contributed by atoms with Gasteiger partial charge in [-0.15, -0.1) is 10.2 Å². The van der Waals surface area contributed by atoms with Gasteiger partial charge in [0, 0.05) is 18.7 Å². The minimum atomic E-state index is -0.422. The minimum absolute atomic E-state index is 0.207. The lowest BCUT2D eigenvalue weighted by atomic mass is 10.1. The molecule has 0 saturated carbocycles. The SMILES string of the molecule is CCOCCOC(=O)c1ccc(Nc2nnc(Cc3ccccc3)c(=O)[nH]2)cc1. The van der Waals surface area contributed by atoms with Gasteiger partial charge in [-0.1, -0.05) is 30.3 Å². The normalized spacial score (nSPS) is 10.5. The Bertz CT molecular complexity index is 988. The van der Waals surface area contributed by atoms with Gasteiger partial charge in [-0.25, -0.2) is 4.79 Å². The van der Waals surface area contributed by atoms with Crippen LogP contribution in [0.5, 0.6) is 0 Å². The number of aromatic nitrogens is 3. The molecular weight excluding hydrogens is 372 g/mol. The Morgan fingerprint density at radius 2 is 1.79 bits per heavy atom. The Balaban J connectivity index is 1.59. The second-order valence-corrected chi connectivity index (χ2v) is 6.15. The average Bonchev–Trinajstić information content (AvgIpc) is 2.74. The number of hydrogen-bond donors (Lipinski definition) is 2. The molecule has 150 valence electrons. The summed E-state index contributed by atoms with van der Waals surface area (Å²) < 4.78 is 10.2. The van der Waals surface area contributed by atoms with E-state index >= 15 is 0 Å². The van der Waals surface area contributed by atoms with Gasteiger partial charge in [0.15, 0.2) is 0 Å². The Hall–Kier alpha value is -3.52. The first-order valence-electron chi connectivity index (χ1n) is 9.27. The molecule has 3 aromatic rings. The summed E-state index contributed by atoms with van der Waals surface area (Å²) >= 11 is 0. The van der Waals surface area contributed by atoms with Gasteiger partial charge in [0.25, 0.3) is 5.56 Å². The van der Waals surface area contributed by atoms with Crippen LogP contribution in [0.4, 0.5) is 11.6 Å². The van der Waals surface area contributed by atoms with Crippen LogP contribution in [-0.4, -0.2) is 41.0 Å². The zero-order valence-corrected chi connectivity index (χ0v) is 16.1. The van der Waals surface area contributed by atoms with Crippen LogP contribution in [0, 0.1) is 0 Å². The summed E-state index contributed by atoms with van der Waals surface area (Å²) in [4.78, 5) is 26.9. The van der Waals surface area contributed by atoms with Gasteiger partial charge in [0.1, 0.15) is 12.3 Å². The van der Waals surface area contributed by atoms with E-state index < -0.39 is 5.97 Å². The number of benzene rings is 2. The minimum Gasteiger partial charge on any atom is -0.460 e. The highest BCUT2D eigenvalue weighted by atomic mass is 16.6. The van der Waals surface area contributed by atoms with Crippen LogP contribution in [0.3, 0.4) is 0 Å². The largest absolute Gasteiger partial charge is 0.460 e. The highest BCUT2D eigenvalue weighted by molar-refractivity contribution is 5.89. The fourth-order valence-corrected chi connectivity index (χ4v) is 2.57. The Kier molecular flexibility index (Phi) is 7.07. The van der Waals surface area contributed by atoms with E-state index in [1.54, 1.807) is 24.3 Å². The fraction of sp³-hybridized carbons (Fsp3) is 0.238. The molecule has 0 aliphatic carbocycles. The van der Waals surface area contributed by atoms with E-state index in [0.29, 0.717) is 36.6 Å². The summed E-state index contributed by atoms with van der Waals surface area (Å²) in [7, 11) is 0. The van der Waals surface area contributed by atoms with E-state index in [-0.39, 0.29) is 18.1 Å². The quantitative estimate of drug-likeness (QED) is 0.424. The predicted octanol–water partition coefficient (Wildman–Crippen LogP) is 2.69. The first-order chi connectivity index (χ1) is 14.2. The van der Waals surface area contributed by atoms with Crippen LogP contribution < -0.4 is 10.9 Å². The molecule has 0 atom stereocenters. The number of carbonyl (C=O) groups excluding carboxylic acids is 1. The van der Waals surface area contributed by atoms with E-state index in [1.165, 1.54) is 0 Å². The standard InChI is InChI=1S/C21H22N4O4/c1-2-28-12-13-29-20(27)16-8-10-17(11-9-16)22-21-23-19(26)18(24-25-21)14-15-6-4-3-5-7-15/h3-11H,2,12-14H2,1H3,(H2,22,23,25,26). The van der Waals surface area contributed by atoms with Gasteiger partial charge in [-0.05, 0) is 36.8 Å². The molecule has 0 amide bonds. The number of aromatic amines is 1. The summed E-state index contributed by atoms with van der Waals surface area (Å²) in [6.07, 6.45) is 0.406. The lowest BCUT2D eigenvalue weighted by Crippen LogP contribution is -2.18. The molecule has 0 saturated heterocycles. The van der Waals surface area contributed by atoms with Crippen molar-refractivity contribution < 1.29 is 14.3 Å². The average molecular weight is 394 g/mol. The van der Waals surface area contributed by atoms with Crippen LogP contribution in [0.2, 0.25) is 0 Å². The number of nitrogens with zero attached hydrogens (tertiary/aromatic N) is 2. The predicted molar refractivity (Wildman–Crippen MR) is 108 cm³/mol. The number of nitrogens with one attached hydrogen (secondary N) is 2. The molecule has 0 fully saturated rings. The molecule has 1 aromatic heterocycles. The van der Waals surface area contributed by atoms with Gasteiger partial charge in [0.05, 0.1) is 12.2 Å². The van der Waals surface area contributed by atoms with E-state index in [1.807, 2.05) is 37.3 Å². The molecule has 0 unspecified atom stereocenters.